The Labute approximate surface area is 174 Å². The number of hydrogen-bond donors (Lipinski definition) is 1. The van der Waals surface area contributed by atoms with Crippen molar-refractivity contribution >= 4 is 23.5 Å². The molecule has 1 N–H and O–H groups in total. The van der Waals surface area contributed by atoms with E-state index in [-0.39, 0.29) is 17.6 Å². The van der Waals surface area contributed by atoms with Gasteiger partial charge in [0.25, 0.3) is 0 Å². The van der Waals surface area contributed by atoms with E-state index in [0.29, 0.717) is 10.9 Å². The van der Waals surface area contributed by atoms with Crippen molar-refractivity contribution in [3.8, 4) is 0 Å². The first kappa shape index (κ1) is 21.3. The van der Waals surface area contributed by atoms with Gasteiger partial charge < -0.3 is 10.0 Å². The molecule has 0 aliphatic heterocycles. The summed E-state index contributed by atoms with van der Waals surface area (Å²) in [7, 11) is 4.23. The highest BCUT2D eigenvalue weighted by Crippen LogP contribution is 2.48. The largest absolute Gasteiger partial charge is 0.392 e. The van der Waals surface area contributed by atoms with E-state index in [0.717, 1.165) is 31.4 Å². The molecule has 2 aliphatic carbocycles. The van der Waals surface area contributed by atoms with Crippen LogP contribution in [-0.4, -0.2) is 42.5 Å². The third kappa shape index (κ3) is 5.56. The number of allylic oxidation sites excluding steroid dienone is 3. The molecule has 152 valence electrons. The minimum Gasteiger partial charge on any atom is -0.392 e. The predicted molar refractivity (Wildman–Crippen MR) is 116 cm³/mol. The van der Waals surface area contributed by atoms with Gasteiger partial charge in [-0.3, -0.25) is 4.79 Å². The second kappa shape index (κ2) is 9.87. The van der Waals surface area contributed by atoms with E-state index in [1.807, 2.05) is 30.3 Å². The summed E-state index contributed by atoms with van der Waals surface area (Å²) in [5.41, 5.74) is 2.40. The molecule has 0 saturated heterocycles. The van der Waals surface area contributed by atoms with Crippen LogP contribution in [-0.2, 0) is 4.79 Å². The fraction of sp³-hybridized carbons (Fsp3) is 0.542. The monoisotopic (exact) mass is 401 g/mol. The molecule has 0 bridgehead atoms. The first-order valence-electron chi connectivity index (χ1n) is 10.4. The van der Waals surface area contributed by atoms with Gasteiger partial charge in [-0.25, -0.2) is 0 Å². The van der Waals surface area contributed by atoms with E-state index >= 15 is 0 Å². The topological polar surface area (TPSA) is 40.5 Å². The fourth-order valence-electron chi connectivity index (χ4n) is 4.74. The molecule has 0 unspecified atom stereocenters. The average molecular weight is 402 g/mol. The van der Waals surface area contributed by atoms with Crippen LogP contribution in [0.25, 0.3) is 6.08 Å². The van der Waals surface area contributed by atoms with E-state index in [2.05, 4.69) is 25.1 Å². The van der Waals surface area contributed by atoms with Crippen molar-refractivity contribution in [1.29, 1.82) is 0 Å². The van der Waals surface area contributed by atoms with Crippen LogP contribution < -0.4 is 0 Å². The average Bonchev–Trinajstić information content (AvgIpc) is 3.15. The molecule has 3 rings (SSSR count). The van der Waals surface area contributed by atoms with Crippen molar-refractivity contribution in [1.82, 2.24) is 4.90 Å². The lowest BCUT2D eigenvalue weighted by Crippen LogP contribution is -2.27. The maximum absolute atomic E-state index is 12.8. The van der Waals surface area contributed by atoms with Gasteiger partial charge in [-0.05, 0) is 88.4 Å². The van der Waals surface area contributed by atoms with Gasteiger partial charge in [0.2, 0.25) is 0 Å². The van der Waals surface area contributed by atoms with Crippen molar-refractivity contribution < 1.29 is 9.90 Å². The van der Waals surface area contributed by atoms with Crippen molar-refractivity contribution in [2.45, 2.75) is 44.6 Å². The maximum atomic E-state index is 12.8. The number of ketones is 1. The molecular weight excluding hydrogens is 370 g/mol. The molecule has 0 spiro atoms. The number of carbonyl (C=O) groups is 1. The highest BCUT2D eigenvalue weighted by atomic mass is 35.5. The van der Waals surface area contributed by atoms with Crippen LogP contribution in [0.2, 0.25) is 5.02 Å². The summed E-state index contributed by atoms with van der Waals surface area (Å²) in [5, 5.41) is 11.1. The van der Waals surface area contributed by atoms with Crippen LogP contribution in [0.3, 0.4) is 0 Å². The van der Waals surface area contributed by atoms with Crippen LogP contribution in [0, 0.1) is 17.8 Å². The number of benzene rings is 1. The number of carbonyl (C=O) groups excluding carboxylic acids is 1. The molecule has 3 nitrogen and oxygen atoms in total. The summed E-state index contributed by atoms with van der Waals surface area (Å²) < 4.78 is 0. The zero-order valence-electron chi connectivity index (χ0n) is 17.0. The van der Waals surface area contributed by atoms with Crippen molar-refractivity contribution in [3.63, 3.8) is 0 Å². The van der Waals surface area contributed by atoms with Crippen LogP contribution >= 0.6 is 11.6 Å². The molecular formula is C24H32ClNO2. The Balaban J connectivity index is 1.53. The normalized spacial score (nSPS) is 26.8. The molecule has 1 aromatic carbocycles. The number of unbranched alkanes of at least 4 members (excludes halogenated alkanes) is 2. The van der Waals surface area contributed by atoms with E-state index < -0.39 is 6.10 Å². The summed E-state index contributed by atoms with van der Waals surface area (Å²) in [4.78, 5) is 15.0. The van der Waals surface area contributed by atoms with Crippen LogP contribution in [0.1, 0.15) is 44.1 Å². The quantitative estimate of drug-likeness (QED) is 0.360. The zero-order valence-corrected chi connectivity index (χ0v) is 17.7. The Bertz CT molecular complexity index is 740. The van der Waals surface area contributed by atoms with E-state index in [1.54, 1.807) is 6.08 Å². The third-order valence-electron chi connectivity index (χ3n) is 6.11. The first-order chi connectivity index (χ1) is 13.4. The second-order valence-corrected chi connectivity index (χ2v) is 9.03. The SMILES string of the molecule is CN(C)CCCCCC1=C[C@H]2C[C@@H](O)[C@H](C(=O)/C=C/c3cccc(Cl)c3)[C@H]2C1. The minimum atomic E-state index is -0.524. The molecule has 0 radical (unpaired) electrons. The molecule has 0 amide bonds. The number of aliphatic hydroxyl groups is 1. The number of aliphatic hydroxyl groups excluding tert-OH is 1. The van der Waals surface area contributed by atoms with Gasteiger partial charge in [0.15, 0.2) is 5.78 Å². The summed E-state index contributed by atoms with van der Waals surface area (Å²) >= 11 is 6.01. The molecule has 0 heterocycles. The van der Waals surface area contributed by atoms with Gasteiger partial charge in [-0.15, -0.1) is 0 Å². The Hall–Kier alpha value is -1.42. The minimum absolute atomic E-state index is 0.0422. The van der Waals surface area contributed by atoms with Gasteiger partial charge in [0.1, 0.15) is 0 Å². The lowest BCUT2D eigenvalue weighted by atomic mass is 9.86. The lowest BCUT2D eigenvalue weighted by Gasteiger charge is -2.19. The molecule has 0 aromatic heterocycles. The van der Waals surface area contributed by atoms with E-state index in [9.17, 15) is 9.90 Å². The van der Waals surface area contributed by atoms with E-state index in [1.165, 1.54) is 24.8 Å². The summed E-state index contributed by atoms with van der Waals surface area (Å²) in [6.45, 7) is 1.14. The molecule has 1 aromatic rings. The number of hydrogen-bond acceptors (Lipinski definition) is 3. The zero-order chi connectivity index (χ0) is 20.1. The standard InChI is InChI=1S/C24H32ClNO2/c1-26(2)12-5-3-4-7-18-13-19-16-23(28)24(21(19)15-18)22(27)11-10-17-8-6-9-20(25)14-17/h6,8-11,13-14,19,21,23-24,28H,3-5,7,12,15-16H2,1-2H3/b11-10+/t19-,21-,23+,24-/m0/s1. The first-order valence-corrected chi connectivity index (χ1v) is 10.8. The van der Waals surface area contributed by atoms with Gasteiger partial charge in [0, 0.05) is 5.02 Å². The van der Waals surface area contributed by atoms with Crippen molar-refractivity contribution in [2.24, 2.45) is 17.8 Å². The predicted octanol–water partition coefficient (Wildman–Crippen LogP) is 4.99. The summed E-state index contributed by atoms with van der Waals surface area (Å²) in [6, 6.07) is 7.46. The molecule has 4 atom stereocenters. The smallest absolute Gasteiger partial charge is 0.161 e. The number of fused-ring (bicyclic) bond motifs is 1. The number of nitrogens with zero attached hydrogens (tertiary/aromatic N) is 1. The van der Waals surface area contributed by atoms with Gasteiger partial charge in [-0.1, -0.05) is 47.9 Å². The van der Waals surface area contributed by atoms with Crippen molar-refractivity contribution in [2.75, 3.05) is 20.6 Å². The molecule has 28 heavy (non-hydrogen) atoms. The van der Waals surface area contributed by atoms with Crippen LogP contribution in [0.5, 0.6) is 0 Å². The van der Waals surface area contributed by atoms with Gasteiger partial charge in [-0.2, -0.15) is 0 Å². The maximum Gasteiger partial charge on any atom is 0.161 e. The molecule has 4 heteroatoms. The number of halogens is 1. The number of rotatable bonds is 9. The molecule has 1 saturated carbocycles. The Morgan fingerprint density at radius 1 is 1.29 bits per heavy atom. The van der Waals surface area contributed by atoms with Crippen molar-refractivity contribution in [3.05, 3.63) is 52.6 Å². The Morgan fingerprint density at radius 2 is 2.11 bits per heavy atom. The third-order valence-corrected chi connectivity index (χ3v) is 6.34. The highest BCUT2D eigenvalue weighted by Gasteiger charge is 2.47. The lowest BCUT2D eigenvalue weighted by molar-refractivity contribution is -0.121. The van der Waals surface area contributed by atoms with Crippen LogP contribution in [0.15, 0.2) is 42.0 Å². The molecule has 2 aliphatic rings. The summed E-state index contributed by atoms with van der Waals surface area (Å²) in [5.74, 6) is 0.395. The molecule has 1 fully saturated rings. The van der Waals surface area contributed by atoms with Crippen LogP contribution in [0.4, 0.5) is 0 Å². The van der Waals surface area contributed by atoms with Gasteiger partial charge >= 0.3 is 0 Å². The second-order valence-electron chi connectivity index (χ2n) is 8.59. The fourth-order valence-corrected chi connectivity index (χ4v) is 4.94. The van der Waals surface area contributed by atoms with E-state index in [4.69, 9.17) is 11.6 Å². The Kier molecular flexibility index (Phi) is 7.50. The highest BCUT2D eigenvalue weighted by molar-refractivity contribution is 6.30. The van der Waals surface area contributed by atoms with Gasteiger partial charge in [0.05, 0.1) is 12.0 Å². The Morgan fingerprint density at radius 3 is 2.86 bits per heavy atom. The summed E-state index contributed by atoms with van der Waals surface area (Å²) in [6.07, 6.45) is 11.8.